The van der Waals surface area contributed by atoms with Gasteiger partial charge in [-0.1, -0.05) is 0 Å². The van der Waals surface area contributed by atoms with Crippen molar-refractivity contribution in [3.05, 3.63) is 20.9 Å². The van der Waals surface area contributed by atoms with E-state index < -0.39 is 5.97 Å². The summed E-state index contributed by atoms with van der Waals surface area (Å²) >= 11 is 3.64. The van der Waals surface area contributed by atoms with Crippen LogP contribution in [0.1, 0.15) is 10.7 Å². The molecular weight excluding hydrogens is 331 g/mol. The van der Waals surface area contributed by atoms with Crippen LogP contribution in [0, 0.1) is 3.57 Å². The fourth-order valence-electron chi connectivity index (χ4n) is 0.931. The third kappa shape index (κ3) is 2.02. The molecule has 0 spiro atoms. The molecule has 0 atom stereocenters. The summed E-state index contributed by atoms with van der Waals surface area (Å²) in [5, 5.41) is 9.29. The van der Waals surface area contributed by atoms with Gasteiger partial charge in [0.1, 0.15) is 4.88 Å². The number of carbonyl (C=O) groups is 1. The summed E-state index contributed by atoms with van der Waals surface area (Å²) in [5.41, 5.74) is 0. The summed E-state index contributed by atoms with van der Waals surface area (Å²) in [6.07, 6.45) is 0. The van der Waals surface area contributed by atoms with Crippen molar-refractivity contribution in [2.75, 3.05) is 7.11 Å². The molecule has 0 aliphatic carbocycles. The maximum absolute atomic E-state index is 11.1. The number of aromatic nitrogens is 2. The quantitative estimate of drug-likeness (QED) is 0.621. The fourth-order valence-corrected chi connectivity index (χ4v) is 2.67. The molecule has 0 aliphatic heterocycles. The Hall–Kier alpha value is -0.960. The molecule has 0 fully saturated rings. The van der Waals surface area contributed by atoms with Gasteiger partial charge in [0.15, 0.2) is 0 Å². The smallest absolute Gasteiger partial charge is 0.396 e. The van der Waals surface area contributed by atoms with Crippen molar-refractivity contribution in [3.8, 4) is 10.8 Å². The van der Waals surface area contributed by atoms with Gasteiger partial charge in [0.25, 0.3) is 5.89 Å². The van der Waals surface area contributed by atoms with Crippen LogP contribution in [0.2, 0.25) is 0 Å². The fraction of sp³-hybridized carbons (Fsp3) is 0.125. The highest BCUT2D eigenvalue weighted by molar-refractivity contribution is 14.1. The van der Waals surface area contributed by atoms with Gasteiger partial charge >= 0.3 is 11.9 Å². The summed E-state index contributed by atoms with van der Waals surface area (Å²) < 4.78 is 10.6. The minimum atomic E-state index is -0.625. The Kier molecular flexibility index (Phi) is 3.00. The van der Waals surface area contributed by atoms with Crippen molar-refractivity contribution in [2.24, 2.45) is 0 Å². The molecule has 0 unspecified atom stereocenters. The van der Waals surface area contributed by atoms with Gasteiger partial charge < -0.3 is 9.15 Å². The first-order chi connectivity index (χ1) is 7.22. The first-order valence-corrected chi connectivity index (χ1v) is 5.83. The maximum Gasteiger partial charge on any atom is 0.396 e. The van der Waals surface area contributed by atoms with Gasteiger partial charge in [0, 0.05) is 3.57 Å². The lowest BCUT2D eigenvalue weighted by Gasteiger charge is -1.90. The van der Waals surface area contributed by atoms with Crippen molar-refractivity contribution >= 4 is 39.9 Å². The van der Waals surface area contributed by atoms with Crippen molar-refractivity contribution in [1.29, 1.82) is 0 Å². The summed E-state index contributed by atoms with van der Waals surface area (Å²) in [6, 6.07) is 1.93. The van der Waals surface area contributed by atoms with E-state index in [0.717, 1.165) is 8.45 Å². The molecule has 0 N–H and O–H groups in total. The lowest BCUT2D eigenvalue weighted by atomic mass is 10.5. The number of hydrogen-bond acceptors (Lipinski definition) is 6. The zero-order chi connectivity index (χ0) is 10.8. The van der Waals surface area contributed by atoms with Crippen LogP contribution < -0.4 is 0 Å². The van der Waals surface area contributed by atoms with E-state index >= 15 is 0 Å². The Morgan fingerprint density at radius 2 is 2.40 bits per heavy atom. The van der Waals surface area contributed by atoms with Crippen LogP contribution in [0.3, 0.4) is 0 Å². The average molecular weight is 336 g/mol. The molecule has 15 heavy (non-hydrogen) atoms. The van der Waals surface area contributed by atoms with Crippen molar-refractivity contribution in [1.82, 2.24) is 10.2 Å². The first kappa shape index (κ1) is 10.6. The van der Waals surface area contributed by atoms with E-state index in [0.29, 0.717) is 5.89 Å². The zero-order valence-corrected chi connectivity index (χ0v) is 10.5. The number of thiophene rings is 1. The third-order valence-corrected chi connectivity index (χ3v) is 3.76. The molecule has 2 aromatic heterocycles. The van der Waals surface area contributed by atoms with Crippen LogP contribution >= 0.6 is 33.9 Å². The van der Waals surface area contributed by atoms with E-state index in [1.807, 2.05) is 11.4 Å². The largest absolute Gasteiger partial charge is 0.462 e. The number of ether oxygens (including phenoxy) is 1. The first-order valence-electron chi connectivity index (χ1n) is 3.87. The predicted octanol–water partition coefficient (Wildman–Crippen LogP) is 2.19. The van der Waals surface area contributed by atoms with Crippen molar-refractivity contribution < 1.29 is 13.9 Å². The highest BCUT2D eigenvalue weighted by Crippen LogP contribution is 2.29. The van der Waals surface area contributed by atoms with Crippen LogP contribution in [0.25, 0.3) is 10.8 Å². The Balaban J connectivity index is 2.36. The van der Waals surface area contributed by atoms with Gasteiger partial charge in [0.05, 0.1) is 7.11 Å². The highest BCUT2D eigenvalue weighted by Gasteiger charge is 2.18. The number of halogens is 1. The molecule has 0 aromatic carbocycles. The second kappa shape index (κ2) is 4.27. The van der Waals surface area contributed by atoms with Gasteiger partial charge in [-0.15, -0.1) is 21.5 Å². The molecular formula is C8H5IN2O3S. The maximum atomic E-state index is 11.1. The molecule has 78 valence electrons. The molecule has 2 aromatic rings. The van der Waals surface area contributed by atoms with Crippen LogP contribution in [-0.2, 0) is 4.74 Å². The van der Waals surface area contributed by atoms with Gasteiger partial charge in [0.2, 0.25) is 0 Å². The van der Waals surface area contributed by atoms with E-state index in [1.54, 1.807) is 0 Å². The van der Waals surface area contributed by atoms with Crippen molar-refractivity contribution in [2.45, 2.75) is 0 Å². The number of rotatable bonds is 2. The molecule has 0 bridgehead atoms. The predicted molar refractivity (Wildman–Crippen MR) is 61.7 cm³/mol. The normalized spacial score (nSPS) is 10.3. The molecule has 5 nitrogen and oxygen atoms in total. The van der Waals surface area contributed by atoms with E-state index in [4.69, 9.17) is 4.42 Å². The number of hydrogen-bond donors (Lipinski definition) is 0. The number of esters is 1. The molecule has 0 amide bonds. The molecule has 7 heteroatoms. The molecule has 0 aliphatic rings. The standard InChI is InChI=1S/C8H5IN2O3S/c1-13-8(12)7-11-10-6(14-7)5-4(9)2-3-15-5/h2-3H,1H3. The summed E-state index contributed by atoms with van der Waals surface area (Å²) in [5.74, 6) is -0.410. The van der Waals surface area contributed by atoms with Crippen LogP contribution in [0.5, 0.6) is 0 Å². The van der Waals surface area contributed by atoms with E-state index in [-0.39, 0.29) is 5.89 Å². The molecule has 0 saturated heterocycles. The summed E-state index contributed by atoms with van der Waals surface area (Å²) in [7, 11) is 1.26. The second-order valence-corrected chi connectivity index (χ2v) is 4.58. The lowest BCUT2D eigenvalue weighted by Crippen LogP contribution is -2.00. The van der Waals surface area contributed by atoms with Crippen molar-refractivity contribution in [3.63, 3.8) is 0 Å². The Bertz CT molecular complexity index is 494. The highest BCUT2D eigenvalue weighted by atomic mass is 127. The van der Waals surface area contributed by atoms with Crippen LogP contribution in [0.15, 0.2) is 15.9 Å². The topological polar surface area (TPSA) is 65.2 Å². The Labute approximate surface area is 103 Å². The Morgan fingerprint density at radius 3 is 3.00 bits per heavy atom. The summed E-state index contributed by atoms with van der Waals surface area (Å²) in [4.78, 5) is 11.9. The minimum Gasteiger partial charge on any atom is -0.462 e. The van der Waals surface area contributed by atoms with Crippen LogP contribution in [-0.4, -0.2) is 23.3 Å². The molecule has 0 saturated carbocycles. The average Bonchev–Trinajstić information content (AvgIpc) is 2.84. The third-order valence-electron chi connectivity index (χ3n) is 1.60. The Morgan fingerprint density at radius 1 is 1.60 bits per heavy atom. The van der Waals surface area contributed by atoms with E-state index in [9.17, 15) is 4.79 Å². The van der Waals surface area contributed by atoms with E-state index in [1.165, 1.54) is 18.4 Å². The van der Waals surface area contributed by atoms with E-state index in [2.05, 4.69) is 37.5 Å². The molecule has 2 rings (SSSR count). The molecule has 2 heterocycles. The van der Waals surface area contributed by atoms with Gasteiger partial charge in [-0.2, -0.15) is 0 Å². The lowest BCUT2D eigenvalue weighted by molar-refractivity contribution is 0.0557. The monoisotopic (exact) mass is 336 g/mol. The van der Waals surface area contributed by atoms with Crippen LogP contribution in [0.4, 0.5) is 0 Å². The van der Waals surface area contributed by atoms with Gasteiger partial charge in [-0.3, -0.25) is 0 Å². The van der Waals surface area contributed by atoms with Gasteiger partial charge in [-0.05, 0) is 34.0 Å². The summed E-state index contributed by atoms with van der Waals surface area (Å²) in [6.45, 7) is 0. The van der Waals surface area contributed by atoms with Gasteiger partial charge in [-0.25, -0.2) is 4.79 Å². The number of nitrogens with zero attached hydrogens (tertiary/aromatic N) is 2. The minimum absolute atomic E-state index is 0.128. The SMILES string of the molecule is COC(=O)c1nnc(-c2sccc2I)o1. The number of methoxy groups -OCH3 is 1. The molecule has 0 radical (unpaired) electrons. The number of carbonyl (C=O) groups excluding carboxylic acids is 1. The second-order valence-electron chi connectivity index (χ2n) is 2.50. The zero-order valence-electron chi connectivity index (χ0n) is 7.56.